The van der Waals surface area contributed by atoms with E-state index in [1.54, 1.807) is 6.07 Å². The van der Waals surface area contributed by atoms with E-state index in [-0.39, 0.29) is 6.04 Å². The van der Waals surface area contributed by atoms with Crippen molar-refractivity contribution in [2.45, 2.75) is 26.3 Å². The first-order chi connectivity index (χ1) is 7.91. The first-order valence-corrected chi connectivity index (χ1v) is 6.33. The predicted octanol–water partition coefficient (Wildman–Crippen LogP) is 2.59. The molecular formula is C11H18Cl2N4. The molecule has 1 heterocycles. The van der Waals surface area contributed by atoms with Crippen molar-refractivity contribution in [3.63, 3.8) is 0 Å². The molecule has 1 aromatic heterocycles. The average Bonchev–Trinajstić information content (AvgIpc) is 2.28. The normalized spacial score (nSPS) is 12.9. The standard InChI is InChI=1S/C11H18Cl2N4/c1-7(2)8(14)4-5-17(3)9-6-10(12)15-16-11(9)13/h6-8H,4-5,14H2,1-3H3. The summed E-state index contributed by atoms with van der Waals surface area (Å²) in [6, 6.07) is 1.89. The highest BCUT2D eigenvalue weighted by atomic mass is 35.5. The molecule has 1 unspecified atom stereocenters. The van der Waals surface area contributed by atoms with Crippen LogP contribution >= 0.6 is 23.2 Å². The molecule has 4 nitrogen and oxygen atoms in total. The van der Waals surface area contributed by atoms with Crippen molar-refractivity contribution in [1.29, 1.82) is 0 Å². The van der Waals surface area contributed by atoms with Gasteiger partial charge in [0.15, 0.2) is 10.3 Å². The fourth-order valence-corrected chi connectivity index (χ4v) is 1.79. The van der Waals surface area contributed by atoms with Gasteiger partial charge in [-0.1, -0.05) is 37.0 Å². The lowest BCUT2D eigenvalue weighted by Gasteiger charge is -2.23. The molecule has 0 spiro atoms. The molecule has 2 N–H and O–H groups in total. The van der Waals surface area contributed by atoms with Crippen molar-refractivity contribution in [3.8, 4) is 0 Å². The maximum absolute atomic E-state index is 6.00. The Hall–Kier alpha value is -0.580. The number of hydrogen-bond acceptors (Lipinski definition) is 4. The van der Waals surface area contributed by atoms with Crippen molar-refractivity contribution < 1.29 is 0 Å². The Kier molecular flexibility index (Phi) is 5.43. The molecule has 1 rings (SSSR count). The lowest BCUT2D eigenvalue weighted by Crippen LogP contribution is -2.32. The summed E-state index contributed by atoms with van der Waals surface area (Å²) in [6.45, 7) is 5.03. The van der Waals surface area contributed by atoms with Crippen LogP contribution in [0, 0.1) is 5.92 Å². The number of nitrogens with zero attached hydrogens (tertiary/aromatic N) is 3. The number of halogens is 2. The summed E-state index contributed by atoms with van der Waals surface area (Å²) in [7, 11) is 1.94. The fraction of sp³-hybridized carbons (Fsp3) is 0.636. The zero-order chi connectivity index (χ0) is 13.0. The minimum atomic E-state index is 0.182. The zero-order valence-electron chi connectivity index (χ0n) is 10.3. The van der Waals surface area contributed by atoms with Gasteiger partial charge in [0.25, 0.3) is 0 Å². The van der Waals surface area contributed by atoms with Gasteiger partial charge in [-0.2, -0.15) is 0 Å². The number of nitrogens with two attached hydrogens (primary N) is 1. The van der Waals surface area contributed by atoms with Gasteiger partial charge in [0.05, 0.1) is 5.69 Å². The van der Waals surface area contributed by atoms with Crippen molar-refractivity contribution in [3.05, 3.63) is 16.4 Å². The Morgan fingerprint density at radius 1 is 1.35 bits per heavy atom. The van der Waals surface area contributed by atoms with Gasteiger partial charge in [0.2, 0.25) is 0 Å². The van der Waals surface area contributed by atoms with Crippen molar-refractivity contribution >= 4 is 28.9 Å². The summed E-state index contributed by atoms with van der Waals surface area (Å²) in [4.78, 5) is 1.99. The Labute approximate surface area is 112 Å². The van der Waals surface area contributed by atoms with Crippen molar-refractivity contribution in [2.75, 3.05) is 18.5 Å². The first kappa shape index (κ1) is 14.5. The molecule has 0 aliphatic carbocycles. The Morgan fingerprint density at radius 2 is 2.00 bits per heavy atom. The highest BCUT2D eigenvalue weighted by Gasteiger charge is 2.12. The van der Waals surface area contributed by atoms with Crippen LogP contribution in [0.15, 0.2) is 6.07 Å². The van der Waals surface area contributed by atoms with Crippen LogP contribution in [0.5, 0.6) is 0 Å². The van der Waals surface area contributed by atoms with E-state index in [0.29, 0.717) is 16.2 Å². The van der Waals surface area contributed by atoms with E-state index >= 15 is 0 Å². The molecule has 0 bridgehead atoms. The lowest BCUT2D eigenvalue weighted by molar-refractivity contribution is 0.466. The molecule has 0 saturated heterocycles. The summed E-state index contributed by atoms with van der Waals surface area (Å²) in [6.07, 6.45) is 0.893. The molecule has 0 radical (unpaired) electrons. The number of rotatable bonds is 5. The smallest absolute Gasteiger partial charge is 0.175 e. The average molecular weight is 277 g/mol. The Morgan fingerprint density at radius 3 is 2.59 bits per heavy atom. The van der Waals surface area contributed by atoms with Crippen molar-refractivity contribution in [2.24, 2.45) is 11.7 Å². The summed E-state index contributed by atoms with van der Waals surface area (Å²) >= 11 is 11.8. The van der Waals surface area contributed by atoms with Gasteiger partial charge < -0.3 is 10.6 Å². The molecule has 0 amide bonds. The van der Waals surface area contributed by atoms with Crippen LogP contribution in [-0.4, -0.2) is 29.8 Å². The van der Waals surface area contributed by atoms with Crippen LogP contribution in [-0.2, 0) is 0 Å². The number of hydrogen-bond donors (Lipinski definition) is 1. The van der Waals surface area contributed by atoms with Crippen LogP contribution in [0.1, 0.15) is 20.3 Å². The Balaban J connectivity index is 2.63. The highest BCUT2D eigenvalue weighted by molar-refractivity contribution is 6.33. The highest BCUT2D eigenvalue weighted by Crippen LogP contribution is 2.24. The van der Waals surface area contributed by atoms with Gasteiger partial charge in [-0.3, -0.25) is 0 Å². The summed E-state index contributed by atoms with van der Waals surface area (Å²) in [5.74, 6) is 0.470. The van der Waals surface area contributed by atoms with E-state index < -0.39 is 0 Å². The van der Waals surface area contributed by atoms with Gasteiger partial charge in [0.1, 0.15) is 0 Å². The van der Waals surface area contributed by atoms with E-state index in [1.165, 1.54) is 0 Å². The van der Waals surface area contributed by atoms with Crippen LogP contribution < -0.4 is 10.6 Å². The molecule has 96 valence electrons. The molecular weight excluding hydrogens is 259 g/mol. The van der Waals surface area contributed by atoms with Gasteiger partial charge in [-0.25, -0.2) is 0 Å². The topological polar surface area (TPSA) is 55.0 Å². The molecule has 1 atom stereocenters. The van der Waals surface area contributed by atoms with Gasteiger partial charge in [-0.05, 0) is 12.3 Å². The van der Waals surface area contributed by atoms with Crippen LogP contribution in [0.2, 0.25) is 10.3 Å². The third-order valence-electron chi connectivity index (χ3n) is 2.77. The Bertz CT molecular complexity index is 370. The third-order valence-corrected chi connectivity index (χ3v) is 3.22. The minimum absolute atomic E-state index is 0.182. The zero-order valence-corrected chi connectivity index (χ0v) is 11.8. The van der Waals surface area contributed by atoms with Crippen LogP contribution in [0.4, 0.5) is 5.69 Å². The quantitative estimate of drug-likeness (QED) is 0.898. The molecule has 17 heavy (non-hydrogen) atoms. The van der Waals surface area contributed by atoms with E-state index in [2.05, 4.69) is 24.0 Å². The largest absolute Gasteiger partial charge is 0.372 e. The molecule has 1 aromatic rings. The SMILES string of the molecule is CC(C)C(N)CCN(C)c1cc(Cl)nnc1Cl. The second-order valence-corrected chi connectivity index (χ2v) is 5.21. The number of aromatic nitrogens is 2. The molecule has 0 saturated carbocycles. The summed E-state index contributed by atoms with van der Waals surface area (Å²) in [5.41, 5.74) is 6.78. The van der Waals surface area contributed by atoms with Gasteiger partial charge in [0, 0.05) is 25.7 Å². The molecule has 6 heteroatoms. The summed E-state index contributed by atoms with van der Waals surface area (Å²) in [5, 5.41) is 8.14. The third kappa shape index (κ3) is 4.30. The molecule has 0 fully saturated rings. The van der Waals surface area contributed by atoms with Gasteiger partial charge in [-0.15, -0.1) is 10.2 Å². The van der Waals surface area contributed by atoms with Crippen LogP contribution in [0.25, 0.3) is 0 Å². The van der Waals surface area contributed by atoms with E-state index in [1.807, 2.05) is 11.9 Å². The molecule has 0 aliphatic rings. The predicted molar refractivity (Wildman–Crippen MR) is 72.8 cm³/mol. The number of anilines is 1. The van der Waals surface area contributed by atoms with E-state index in [9.17, 15) is 0 Å². The maximum atomic E-state index is 6.00. The van der Waals surface area contributed by atoms with Crippen LogP contribution in [0.3, 0.4) is 0 Å². The molecule has 0 aromatic carbocycles. The van der Waals surface area contributed by atoms with E-state index in [4.69, 9.17) is 28.9 Å². The monoisotopic (exact) mass is 276 g/mol. The first-order valence-electron chi connectivity index (χ1n) is 5.57. The fourth-order valence-electron chi connectivity index (χ4n) is 1.41. The minimum Gasteiger partial charge on any atom is -0.372 e. The van der Waals surface area contributed by atoms with Crippen molar-refractivity contribution in [1.82, 2.24) is 10.2 Å². The van der Waals surface area contributed by atoms with E-state index in [0.717, 1.165) is 18.7 Å². The maximum Gasteiger partial charge on any atom is 0.175 e. The second kappa shape index (κ2) is 6.38. The summed E-state index contributed by atoms with van der Waals surface area (Å²) < 4.78 is 0. The second-order valence-electron chi connectivity index (χ2n) is 4.46. The van der Waals surface area contributed by atoms with Gasteiger partial charge >= 0.3 is 0 Å². The lowest BCUT2D eigenvalue weighted by atomic mass is 10.0. The molecule has 0 aliphatic heterocycles.